The number of nitrogens with zero attached hydrogens (tertiary/aromatic N) is 4. The summed E-state index contributed by atoms with van der Waals surface area (Å²) >= 11 is 0. The van der Waals surface area contributed by atoms with Crippen LogP contribution in [-0.2, 0) is 20.1 Å². The number of aryl methyl sites for hydroxylation is 2. The maximum absolute atomic E-state index is 5.44. The number of hydrogen-bond acceptors (Lipinski definition) is 5. The van der Waals surface area contributed by atoms with Gasteiger partial charge in [0.05, 0.1) is 12.4 Å². The van der Waals surface area contributed by atoms with Gasteiger partial charge in [0.15, 0.2) is 12.4 Å². The summed E-state index contributed by atoms with van der Waals surface area (Å²) in [5.41, 5.74) is 0. The first-order valence-corrected chi connectivity index (χ1v) is 5.21. The van der Waals surface area contributed by atoms with E-state index in [4.69, 9.17) is 9.26 Å². The Morgan fingerprint density at radius 1 is 1.50 bits per heavy atom. The second-order valence-corrected chi connectivity index (χ2v) is 3.49. The van der Waals surface area contributed by atoms with Gasteiger partial charge in [0, 0.05) is 13.5 Å². The maximum Gasteiger partial charge on any atom is 0.226 e. The molecular weight excluding hydrogens is 208 g/mol. The molecule has 16 heavy (non-hydrogen) atoms. The minimum absolute atomic E-state index is 0.304. The van der Waals surface area contributed by atoms with E-state index in [1.165, 1.54) is 0 Å². The topological polar surface area (TPSA) is 66.0 Å². The molecule has 0 radical (unpaired) electrons. The van der Waals surface area contributed by atoms with Gasteiger partial charge < -0.3 is 9.26 Å². The van der Waals surface area contributed by atoms with Crippen molar-refractivity contribution in [3.63, 3.8) is 0 Å². The Balaban J connectivity index is 1.89. The summed E-state index contributed by atoms with van der Waals surface area (Å²) < 4.78 is 12.1. The molecule has 0 amide bonds. The smallest absolute Gasteiger partial charge is 0.226 e. The third-order valence-electron chi connectivity index (χ3n) is 2.02. The zero-order valence-corrected chi connectivity index (χ0v) is 9.38. The lowest BCUT2D eigenvalue weighted by molar-refractivity contribution is 0.285. The average Bonchev–Trinajstić information content (AvgIpc) is 2.85. The molecule has 2 rings (SSSR count). The van der Waals surface area contributed by atoms with Gasteiger partial charge in [0.25, 0.3) is 0 Å². The molecule has 0 atom stereocenters. The molecule has 0 saturated heterocycles. The van der Waals surface area contributed by atoms with Gasteiger partial charge in [0.2, 0.25) is 11.7 Å². The maximum atomic E-state index is 5.44. The van der Waals surface area contributed by atoms with E-state index in [0.717, 1.165) is 12.8 Å². The Bertz CT molecular complexity index is 449. The third-order valence-corrected chi connectivity index (χ3v) is 2.02. The first kappa shape index (κ1) is 10.7. The Labute approximate surface area is 93.2 Å². The molecule has 0 aliphatic heterocycles. The van der Waals surface area contributed by atoms with Crippen LogP contribution in [0, 0.1) is 0 Å². The van der Waals surface area contributed by atoms with Crippen LogP contribution in [0.5, 0.6) is 5.75 Å². The molecule has 2 aromatic heterocycles. The van der Waals surface area contributed by atoms with Gasteiger partial charge in [-0.05, 0) is 6.42 Å². The quantitative estimate of drug-likeness (QED) is 0.763. The molecule has 0 aliphatic rings. The van der Waals surface area contributed by atoms with E-state index in [9.17, 15) is 0 Å². The molecule has 86 valence electrons. The zero-order chi connectivity index (χ0) is 11.4. The molecule has 0 fully saturated rings. The van der Waals surface area contributed by atoms with Gasteiger partial charge in [0.1, 0.15) is 0 Å². The van der Waals surface area contributed by atoms with Crippen LogP contribution in [0.3, 0.4) is 0 Å². The first-order valence-electron chi connectivity index (χ1n) is 5.21. The van der Waals surface area contributed by atoms with Gasteiger partial charge in [-0.3, -0.25) is 4.68 Å². The van der Waals surface area contributed by atoms with Crippen LogP contribution >= 0.6 is 0 Å². The molecule has 6 nitrogen and oxygen atoms in total. The fraction of sp³-hybridized carbons (Fsp3) is 0.500. The molecule has 2 aromatic rings. The molecule has 0 spiro atoms. The van der Waals surface area contributed by atoms with Gasteiger partial charge in [-0.25, -0.2) is 0 Å². The van der Waals surface area contributed by atoms with Crippen molar-refractivity contribution in [1.29, 1.82) is 0 Å². The Kier molecular flexibility index (Phi) is 3.19. The molecule has 0 aliphatic carbocycles. The lowest BCUT2D eigenvalue weighted by Crippen LogP contribution is -1.97. The fourth-order valence-electron chi connectivity index (χ4n) is 1.29. The predicted octanol–water partition coefficient (Wildman–Crippen LogP) is 1.33. The van der Waals surface area contributed by atoms with Crippen molar-refractivity contribution in [1.82, 2.24) is 19.9 Å². The number of aromatic nitrogens is 4. The minimum atomic E-state index is 0.304. The standard InChI is InChI=1S/C10H14N4O2/c1-3-4-10-12-9(13-16-10)7-15-8-5-11-14(2)6-8/h5-6H,3-4,7H2,1-2H3. The van der Waals surface area contributed by atoms with Crippen molar-refractivity contribution in [2.24, 2.45) is 7.05 Å². The first-order chi connectivity index (χ1) is 7.78. The molecule has 2 heterocycles. The van der Waals surface area contributed by atoms with Gasteiger partial charge in [-0.15, -0.1) is 0 Å². The van der Waals surface area contributed by atoms with Crippen molar-refractivity contribution in [2.75, 3.05) is 0 Å². The molecule has 0 saturated carbocycles. The van der Waals surface area contributed by atoms with E-state index in [1.54, 1.807) is 17.1 Å². The normalized spacial score (nSPS) is 10.6. The van der Waals surface area contributed by atoms with Gasteiger partial charge >= 0.3 is 0 Å². The average molecular weight is 222 g/mol. The lowest BCUT2D eigenvalue weighted by atomic mass is 10.3. The summed E-state index contributed by atoms with van der Waals surface area (Å²) in [6.07, 6.45) is 5.23. The summed E-state index contributed by atoms with van der Waals surface area (Å²) in [6, 6.07) is 0. The minimum Gasteiger partial charge on any atom is -0.482 e. The van der Waals surface area contributed by atoms with E-state index in [1.807, 2.05) is 7.05 Å². The highest BCUT2D eigenvalue weighted by molar-refractivity contribution is 5.11. The van der Waals surface area contributed by atoms with E-state index < -0.39 is 0 Å². The number of hydrogen-bond donors (Lipinski definition) is 0. The van der Waals surface area contributed by atoms with Crippen molar-refractivity contribution < 1.29 is 9.26 Å². The second-order valence-electron chi connectivity index (χ2n) is 3.49. The zero-order valence-electron chi connectivity index (χ0n) is 9.38. The van der Waals surface area contributed by atoms with Crippen molar-refractivity contribution in [3.05, 3.63) is 24.1 Å². The van der Waals surface area contributed by atoms with Crippen LogP contribution in [0.2, 0.25) is 0 Å². The van der Waals surface area contributed by atoms with Crippen LogP contribution < -0.4 is 4.74 Å². The molecule has 0 aromatic carbocycles. The molecule has 6 heteroatoms. The Morgan fingerprint density at radius 3 is 3.06 bits per heavy atom. The van der Waals surface area contributed by atoms with Crippen molar-refractivity contribution in [2.45, 2.75) is 26.4 Å². The van der Waals surface area contributed by atoms with Crippen molar-refractivity contribution >= 4 is 0 Å². The van der Waals surface area contributed by atoms with E-state index in [2.05, 4.69) is 22.2 Å². The largest absolute Gasteiger partial charge is 0.482 e. The van der Waals surface area contributed by atoms with Crippen LogP contribution in [0.15, 0.2) is 16.9 Å². The number of ether oxygens (including phenoxy) is 1. The van der Waals surface area contributed by atoms with E-state index in [-0.39, 0.29) is 0 Å². The van der Waals surface area contributed by atoms with E-state index in [0.29, 0.717) is 24.1 Å². The van der Waals surface area contributed by atoms with Crippen LogP contribution in [0.25, 0.3) is 0 Å². The highest BCUT2D eigenvalue weighted by Crippen LogP contribution is 2.09. The summed E-state index contributed by atoms with van der Waals surface area (Å²) in [5, 5.41) is 7.81. The van der Waals surface area contributed by atoms with Crippen LogP contribution in [-0.4, -0.2) is 19.9 Å². The molecule has 0 N–H and O–H groups in total. The molecule has 0 bridgehead atoms. The molecular formula is C10H14N4O2. The summed E-state index contributed by atoms with van der Waals surface area (Å²) in [4.78, 5) is 4.19. The van der Waals surface area contributed by atoms with Gasteiger partial charge in [-0.1, -0.05) is 12.1 Å². The fourth-order valence-corrected chi connectivity index (χ4v) is 1.29. The van der Waals surface area contributed by atoms with Crippen LogP contribution in [0.4, 0.5) is 0 Å². The molecule has 0 unspecified atom stereocenters. The van der Waals surface area contributed by atoms with Crippen LogP contribution in [0.1, 0.15) is 25.1 Å². The SMILES string of the molecule is CCCc1nc(COc2cnn(C)c2)no1. The van der Waals surface area contributed by atoms with E-state index >= 15 is 0 Å². The highest BCUT2D eigenvalue weighted by Gasteiger charge is 2.06. The third kappa shape index (κ3) is 2.59. The highest BCUT2D eigenvalue weighted by atomic mass is 16.5. The predicted molar refractivity (Wildman–Crippen MR) is 55.8 cm³/mol. The van der Waals surface area contributed by atoms with Crippen molar-refractivity contribution in [3.8, 4) is 5.75 Å². The lowest BCUT2D eigenvalue weighted by Gasteiger charge is -1.96. The summed E-state index contributed by atoms with van der Waals surface area (Å²) in [7, 11) is 1.83. The summed E-state index contributed by atoms with van der Waals surface area (Å²) in [5.74, 6) is 1.92. The van der Waals surface area contributed by atoms with Gasteiger partial charge in [-0.2, -0.15) is 10.1 Å². The summed E-state index contributed by atoms with van der Waals surface area (Å²) in [6.45, 7) is 2.37. The monoisotopic (exact) mass is 222 g/mol. The Morgan fingerprint density at radius 2 is 2.38 bits per heavy atom. The number of rotatable bonds is 5. The Hall–Kier alpha value is -1.85. The second kappa shape index (κ2) is 4.78.